The molecule has 0 spiro atoms. The van der Waals surface area contributed by atoms with Gasteiger partial charge in [-0.05, 0) is 23.0 Å². The standard InChI is InChI=1S/C14H15O2P/c1-15-13-9-7-12(8-10-13)11-16-17-14-5-3-2-4-6-14/h2-10,17H,11H2,1H3. The molecule has 2 aromatic rings. The van der Waals surface area contributed by atoms with Crippen molar-refractivity contribution in [2.75, 3.05) is 7.11 Å². The van der Waals surface area contributed by atoms with E-state index in [9.17, 15) is 0 Å². The van der Waals surface area contributed by atoms with Crippen molar-refractivity contribution < 1.29 is 9.26 Å². The number of hydrogen-bond acceptors (Lipinski definition) is 2. The van der Waals surface area contributed by atoms with Gasteiger partial charge in [-0.2, -0.15) is 0 Å². The van der Waals surface area contributed by atoms with Crippen molar-refractivity contribution in [3.05, 3.63) is 60.2 Å². The van der Waals surface area contributed by atoms with Crippen LogP contribution >= 0.6 is 8.81 Å². The van der Waals surface area contributed by atoms with Crippen molar-refractivity contribution in [3.63, 3.8) is 0 Å². The van der Waals surface area contributed by atoms with Gasteiger partial charge in [0, 0.05) is 8.81 Å². The predicted octanol–water partition coefficient (Wildman–Crippen LogP) is 3.13. The van der Waals surface area contributed by atoms with E-state index in [1.807, 2.05) is 42.5 Å². The zero-order valence-corrected chi connectivity index (χ0v) is 10.7. The molecule has 0 aliphatic heterocycles. The van der Waals surface area contributed by atoms with E-state index in [0.29, 0.717) is 15.4 Å². The van der Waals surface area contributed by atoms with Gasteiger partial charge in [-0.3, -0.25) is 0 Å². The molecule has 3 heteroatoms. The van der Waals surface area contributed by atoms with Gasteiger partial charge in [0.15, 0.2) is 0 Å². The Morgan fingerprint density at radius 1 is 0.941 bits per heavy atom. The van der Waals surface area contributed by atoms with E-state index in [2.05, 4.69) is 12.1 Å². The summed E-state index contributed by atoms with van der Waals surface area (Å²) in [6.45, 7) is 0.636. The molecule has 2 rings (SSSR count). The first kappa shape index (κ1) is 12.1. The summed E-state index contributed by atoms with van der Waals surface area (Å²) >= 11 is 0. The van der Waals surface area contributed by atoms with Gasteiger partial charge in [-0.15, -0.1) is 0 Å². The summed E-state index contributed by atoms with van der Waals surface area (Å²) in [4.78, 5) is 0. The molecule has 88 valence electrons. The summed E-state index contributed by atoms with van der Waals surface area (Å²) in [5, 5.41) is 1.22. The maximum atomic E-state index is 5.67. The van der Waals surface area contributed by atoms with Crippen molar-refractivity contribution in [1.29, 1.82) is 0 Å². The highest BCUT2D eigenvalue weighted by atomic mass is 31.1. The van der Waals surface area contributed by atoms with Crippen molar-refractivity contribution in [2.45, 2.75) is 6.61 Å². The lowest BCUT2D eigenvalue weighted by atomic mass is 10.2. The van der Waals surface area contributed by atoms with E-state index in [0.717, 1.165) is 11.3 Å². The van der Waals surface area contributed by atoms with Gasteiger partial charge in [0.05, 0.1) is 13.7 Å². The monoisotopic (exact) mass is 246 g/mol. The highest BCUT2D eigenvalue weighted by Gasteiger charge is 1.96. The summed E-state index contributed by atoms with van der Waals surface area (Å²) in [6, 6.07) is 18.2. The van der Waals surface area contributed by atoms with E-state index in [1.54, 1.807) is 7.11 Å². The fraction of sp³-hybridized carbons (Fsp3) is 0.143. The maximum Gasteiger partial charge on any atom is 0.118 e. The van der Waals surface area contributed by atoms with E-state index < -0.39 is 0 Å². The van der Waals surface area contributed by atoms with Crippen LogP contribution in [0.25, 0.3) is 0 Å². The molecule has 0 radical (unpaired) electrons. The third-order valence-corrected chi connectivity index (χ3v) is 3.22. The minimum atomic E-state index is 0.396. The molecular weight excluding hydrogens is 231 g/mol. The molecule has 0 bridgehead atoms. The average molecular weight is 246 g/mol. The number of hydrogen-bond donors (Lipinski definition) is 0. The summed E-state index contributed by atoms with van der Waals surface area (Å²) < 4.78 is 10.8. The molecule has 2 nitrogen and oxygen atoms in total. The third-order valence-electron chi connectivity index (χ3n) is 2.36. The van der Waals surface area contributed by atoms with E-state index >= 15 is 0 Å². The first-order valence-electron chi connectivity index (χ1n) is 5.44. The predicted molar refractivity (Wildman–Crippen MR) is 72.2 cm³/mol. The van der Waals surface area contributed by atoms with Crippen LogP contribution in [-0.2, 0) is 11.1 Å². The molecule has 1 atom stereocenters. The van der Waals surface area contributed by atoms with E-state index in [4.69, 9.17) is 9.26 Å². The van der Waals surface area contributed by atoms with Crippen LogP contribution in [0.5, 0.6) is 5.75 Å². The zero-order chi connectivity index (χ0) is 11.9. The molecule has 17 heavy (non-hydrogen) atoms. The minimum absolute atomic E-state index is 0.396. The first-order valence-corrected chi connectivity index (χ1v) is 6.35. The molecule has 0 saturated heterocycles. The lowest BCUT2D eigenvalue weighted by Crippen LogP contribution is -1.94. The molecular formula is C14H15O2P. The molecule has 0 N–H and O–H groups in total. The average Bonchev–Trinajstić information content (AvgIpc) is 2.41. The molecule has 1 unspecified atom stereocenters. The van der Waals surface area contributed by atoms with Crippen LogP contribution < -0.4 is 10.0 Å². The van der Waals surface area contributed by atoms with Gasteiger partial charge in [-0.25, -0.2) is 0 Å². The molecule has 0 amide bonds. The second-order valence-corrected chi connectivity index (χ2v) is 4.67. The second kappa shape index (κ2) is 6.39. The normalized spacial score (nSPS) is 10.9. The summed E-state index contributed by atoms with van der Waals surface area (Å²) in [5.41, 5.74) is 1.16. The van der Waals surface area contributed by atoms with Crippen molar-refractivity contribution in [2.24, 2.45) is 0 Å². The quantitative estimate of drug-likeness (QED) is 0.754. The molecule has 2 aromatic carbocycles. The van der Waals surface area contributed by atoms with Crippen LogP contribution in [-0.4, -0.2) is 7.11 Å². The lowest BCUT2D eigenvalue weighted by molar-refractivity contribution is 0.356. The van der Waals surface area contributed by atoms with Crippen molar-refractivity contribution in [1.82, 2.24) is 0 Å². The van der Waals surface area contributed by atoms with Gasteiger partial charge >= 0.3 is 0 Å². The molecule has 0 aliphatic rings. The van der Waals surface area contributed by atoms with Gasteiger partial charge in [0.1, 0.15) is 5.75 Å². The lowest BCUT2D eigenvalue weighted by Gasteiger charge is -2.05. The Kier molecular flexibility index (Phi) is 4.54. The molecule has 0 saturated carbocycles. The van der Waals surface area contributed by atoms with Gasteiger partial charge in [0.25, 0.3) is 0 Å². The van der Waals surface area contributed by atoms with E-state index in [1.165, 1.54) is 5.30 Å². The first-order chi connectivity index (χ1) is 8.38. The second-order valence-electron chi connectivity index (χ2n) is 3.60. The Labute approximate surface area is 103 Å². The molecule has 0 aromatic heterocycles. The third kappa shape index (κ3) is 3.85. The fourth-order valence-corrected chi connectivity index (χ4v) is 2.16. The van der Waals surface area contributed by atoms with Crippen LogP contribution in [0.15, 0.2) is 54.6 Å². The minimum Gasteiger partial charge on any atom is -0.497 e. The highest BCUT2D eigenvalue weighted by Crippen LogP contribution is 2.17. The fourth-order valence-electron chi connectivity index (χ4n) is 1.43. The van der Waals surface area contributed by atoms with Crippen LogP contribution in [0.4, 0.5) is 0 Å². The van der Waals surface area contributed by atoms with Crippen LogP contribution in [0, 0.1) is 0 Å². The van der Waals surface area contributed by atoms with Crippen molar-refractivity contribution >= 4 is 14.1 Å². The van der Waals surface area contributed by atoms with Crippen LogP contribution in [0.2, 0.25) is 0 Å². The Morgan fingerprint density at radius 2 is 1.65 bits per heavy atom. The van der Waals surface area contributed by atoms with Crippen LogP contribution in [0.1, 0.15) is 5.56 Å². The zero-order valence-electron chi connectivity index (χ0n) is 9.72. The maximum absolute atomic E-state index is 5.67. The SMILES string of the molecule is COc1ccc(COPc2ccccc2)cc1. The molecule has 0 fully saturated rings. The Balaban J connectivity index is 1.82. The van der Waals surface area contributed by atoms with Gasteiger partial charge < -0.3 is 9.26 Å². The van der Waals surface area contributed by atoms with E-state index in [-0.39, 0.29) is 0 Å². The Bertz CT molecular complexity index is 440. The number of ether oxygens (including phenoxy) is 1. The largest absolute Gasteiger partial charge is 0.497 e. The number of methoxy groups -OCH3 is 1. The summed E-state index contributed by atoms with van der Waals surface area (Å²) in [7, 11) is 2.07. The summed E-state index contributed by atoms with van der Waals surface area (Å²) in [5.74, 6) is 0.874. The Morgan fingerprint density at radius 3 is 2.29 bits per heavy atom. The summed E-state index contributed by atoms with van der Waals surface area (Å²) in [6.07, 6.45) is 0. The molecule has 0 aliphatic carbocycles. The van der Waals surface area contributed by atoms with Gasteiger partial charge in [-0.1, -0.05) is 42.5 Å². The number of rotatable bonds is 5. The van der Waals surface area contributed by atoms with Gasteiger partial charge in [0.2, 0.25) is 0 Å². The number of benzene rings is 2. The molecule has 0 heterocycles. The Hall–Kier alpha value is -1.37. The van der Waals surface area contributed by atoms with Crippen LogP contribution in [0.3, 0.4) is 0 Å². The topological polar surface area (TPSA) is 18.5 Å². The highest BCUT2D eigenvalue weighted by molar-refractivity contribution is 7.41. The smallest absolute Gasteiger partial charge is 0.118 e. The van der Waals surface area contributed by atoms with Crippen molar-refractivity contribution in [3.8, 4) is 5.75 Å².